The van der Waals surface area contributed by atoms with Crippen molar-refractivity contribution >= 4 is 11.9 Å². The highest BCUT2D eigenvalue weighted by molar-refractivity contribution is 5.66. The van der Waals surface area contributed by atoms with E-state index in [2.05, 4.69) is 13.8 Å². The third-order valence-corrected chi connectivity index (χ3v) is 10.1. The zero-order valence-corrected chi connectivity index (χ0v) is 27.5. The van der Waals surface area contributed by atoms with E-state index >= 15 is 0 Å². The van der Waals surface area contributed by atoms with Crippen LogP contribution in [0.25, 0.3) is 0 Å². The minimum atomic E-state index is -0.657. The average molecular weight is 579 g/mol. The first-order chi connectivity index (χ1) is 20.0. The molecule has 0 amide bonds. The molecule has 0 bridgehead atoms. The van der Waals surface area contributed by atoms with Gasteiger partial charge in [0.2, 0.25) is 0 Å². The number of carboxylic acid groups (broad SMARTS) is 2. The molecule has 2 N–H and O–H groups in total. The molecule has 4 heteroatoms. The SMILES string of the molecule is CCCCCC1CCC(CCCCCCCCC(=O)O)C(CCCCCCCCCCCC(=O)O)C1CCCCC. The molecule has 1 aliphatic rings. The fourth-order valence-electron chi connectivity index (χ4n) is 7.74. The first-order valence-electron chi connectivity index (χ1n) is 18.4. The quantitative estimate of drug-likeness (QED) is 0.0865. The third-order valence-electron chi connectivity index (χ3n) is 10.1. The van der Waals surface area contributed by atoms with Gasteiger partial charge in [-0.25, -0.2) is 0 Å². The molecule has 0 aromatic carbocycles. The molecule has 0 spiro atoms. The zero-order valence-electron chi connectivity index (χ0n) is 27.5. The highest BCUT2D eigenvalue weighted by atomic mass is 16.4. The fraction of sp³-hybridized carbons (Fsp3) is 0.946. The molecule has 1 saturated carbocycles. The number of carboxylic acids is 2. The predicted octanol–water partition coefficient (Wildman–Crippen LogP) is 12.0. The van der Waals surface area contributed by atoms with Crippen molar-refractivity contribution in [3.8, 4) is 0 Å². The van der Waals surface area contributed by atoms with Crippen molar-refractivity contribution in [3.05, 3.63) is 0 Å². The Morgan fingerprint density at radius 3 is 1.10 bits per heavy atom. The second kappa shape index (κ2) is 26.6. The Morgan fingerprint density at radius 2 is 0.732 bits per heavy atom. The zero-order chi connectivity index (χ0) is 30.0. The van der Waals surface area contributed by atoms with Crippen molar-refractivity contribution in [1.82, 2.24) is 0 Å². The van der Waals surface area contributed by atoms with E-state index in [-0.39, 0.29) is 0 Å². The maximum absolute atomic E-state index is 10.7. The van der Waals surface area contributed by atoms with Crippen LogP contribution >= 0.6 is 0 Å². The molecule has 4 nitrogen and oxygen atoms in total. The molecular weight excluding hydrogens is 508 g/mol. The van der Waals surface area contributed by atoms with Crippen LogP contribution in [-0.4, -0.2) is 22.2 Å². The summed E-state index contributed by atoms with van der Waals surface area (Å²) in [5.41, 5.74) is 0. The largest absolute Gasteiger partial charge is 0.481 e. The van der Waals surface area contributed by atoms with Gasteiger partial charge in [0, 0.05) is 12.8 Å². The Hall–Kier alpha value is -1.06. The third kappa shape index (κ3) is 20.5. The Bertz CT molecular complexity index is 618. The number of hydrogen-bond donors (Lipinski definition) is 2. The summed E-state index contributed by atoms with van der Waals surface area (Å²) in [4.78, 5) is 21.4. The number of rotatable bonds is 29. The van der Waals surface area contributed by atoms with E-state index in [4.69, 9.17) is 10.2 Å². The molecule has 4 atom stereocenters. The molecular formula is C37H70O4. The lowest BCUT2D eigenvalue weighted by Gasteiger charge is -2.44. The summed E-state index contributed by atoms with van der Waals surface area (Å²) in [7, 11) is 0. The van der Waals surface area contributed by atoms with Crippen molar-refractivity contribution in [2.45, 2.75) is 200 Å². The van der Waals surface area contributed by atoms with Gasteiger partial charge in [-0.3, -0.25) is 9.59 Å². The number of aliphatic carboxylic acids is 2. The lowest BCUT2D eigenvalue weighted by molar-refractivity contribution is -0.138. The summed E-state index contributed by atoms with van der Waals surface area (Å²) in [5, 5.41) is 17.6. The van der Waals surface area contributed by atoms with Crippen LogP contribution in [0, 0.1) is 23.7 Å². The van der Waals surface area contributed by atoms with Gasteiger partial charge in [-0.1, -0.05) is 149 Å². The van der Waals surface area contributed by atoms with E-state index in [9.17, 15) is 9.59 Å². The van der Waals surface area contributed by atoms with Crippen molar-refractivity contribution in [3.63, 3.8) is 0 Å². The van der Waals surface area contributed by atoms with Gasteiger partial charge in [-0.15, -0.1) is 0 Å². The molecule has 0 aliphatic heterocycles. The Kier molecular flexibility index (Phi) is 24.6. The highest BCUT2D eigenvalue weighted by Gasteiger charge is 2.37. The molecule has 41 heavy (non-hydrogen) atoms. The summed E-state index contributed by atoms with van der Waals surface area (Å²) < 4.78 is 0. The fourth-order valence-corrected chi connectivity index (χ4v) is 7.74. The maximum Gasteiger partial charge on any atom is 0.303 e. The summed E-state index contributed by atoms with van der Waals surface area (Å²) in [6.07, 6.45) is 36.0. The summed E-state index contributed by atoms with van der Waals surface area (Å²) in [6, 6.07) is 0. The van der Waals surface area contributed by atoms with E-state index < -0.39 is 11.9 Å². The van der Waals surface area contributed by atoms with Gasteiger partial charge in [0.15, 0.2) is 0 Å². The van der Waals surface area contributed by atoms with Crippen molar-refractivity contribution in [2.24, 2.45) is 23.7 Å². The van der Waals surface area contributed by atoms with E-state index in [1.165, 1.54) is 148 Å². The smallest absolute Gasteiger partial charge is 0.303 e. The van der Waals surface area contributed by atoms with Gasteiger partial charge in [-0.05, 0) is 62.2 Å². The topological polar surface area (TPSA) is 74.6 Å². The molecule has 1 rings (SSSR count). The van der Waals surface area contributed by atoms with Crippen LogP contribution in [0.15, 0.2) is 0 Å². The van der Waals surface area contributed by atoms with Gasteiger partial charge < -0.3 is 10.2 Å². The first-order valence-corrected chi connectivity index (χ1v) is 18.4. The minimum absolute atomic E-state index is 0.329. The summed E-state index contributed by atoms with van der Waals surface area (Å²) >= 11 is 0. The lowest BCUT2D eigenvalue weighted by atomic mass is 9.61. The first kappa shape index (κ1) is 38.0. The van der Waals surface area contributed by atoms with Crippen LogP contribution in [0.4, 0.5) is 0 Å². The Labute approximate surface area is 255 Å². The summed E-state index contributed by atoms with van der Waals surface area (Å²) in [6.45, 7) is 4.68. The minimum Gasteiger partial charge on any atom is -0.481 e. The van der Waals surface area contributed by atoms with Gasteiger partial charge in [-0.2, -0.15) is 0 Å². The van der Waals surface area contributed by atoms with E-state index in [0.717, 1.165) is 49.4 Å². The highest BCUT2D eigenvalue weighted by Crippen LogP contribution is 2.47. The van der Waals surface area contributed by atoms with Gasteiger partial charge in [0.1, 0.15) is 0 Å². The maximum atomic E-state index is 10.7. The normalized spacial score (nSPS) is 20.8. The predicted molar refractivity (Wildman–Crippen MR) is 174 cm³/mol. The van der Waals surface area contributed by atoms with E-state index in [0.29, 0.717) is 12.8 Å². The van der Waals surface area contributed by atoms with E-state index in [1.54, 1.807) is 0 Å². The molecule has 0 radical (unpaired) electrons. The van der Waals surface area contributed by atoms with Crippen molar-refractivity contribution in [1.29, 1.82) is 0 Å². The average Bonchev–Trinajstić information content (AvgIpc) is 2.94. The molecule has 1 aliphatic carbocycles. The van der Waals surface area contributed by atoms with Crippen LogP contribution in [0.2, 0.25) is 0 Å². The lowest BCUT2D eigenvalue weighted by Crippen LogP contribution is -2.35. The number of carbonyl (C=O) groups is 2. The van der Waals surface area contributed by atoms with Crippen LogP contribution in [0.5, 0.6) is 0 Å². The molecule has 0 saturated heterocycles. The van der Waals surface area contributed by atoms with Crippen LogP contribution in [-0.2, 0) is 9.59 Å². The number of hydrogen-bond acceptors (Lipinski definition) is 2. The van der Waals surface area contributed by atoms with Crippen LogP contribution in [0.3, 0.4) is 0 Å². The molecule has 0 aromatic heterocycles. The second-order valence-corrected chi connectivity index (χ2v) is 13.6. The Morgan fingerprint density at radius 1 is 0.439 bits per heavy atom. The molecule has 4 unspecified atom stereocenters. The standard InChI is InChI=1S/C37H70O4/c1-3-5-18-24-32-30-31-33(25-20-14-12-13-17-23-29-37(40)41)35(34(32)26-19-6-4-2)27-21-15-10-8-7-9-11-16-22-28-36(38)39/h32-35H,3-31H2,1-2H3,(H,38,39)(H,40,41). The molecule has 0 heterocycles. The number of unbranched alkanes of at least 4 members (excludes halogenated alkanes) is 17. The molecule has 0 aromatic rings. The molecule has 242 valence electrons. The van der Waals surface area contributed by atoms with Crippen molar-refractivity contribution in [2.75, 3.05) is 0 Å². The summed E-state index contributed by atoms with van der Waals surface area (Å²) in [5.74, 6) is 2.49. The van der Waals surface area contributed by atoms with Gasteiger partial charge in [0.25, 0.3) is 0 Å². The van der Waals surface area contributed by atoms with Crippen molar-refractivity contribution < 1.29 is 19.8 Å². The second-order valence-electron chi connectivity index (χ2n) is 13.6. The van der Waals surface area contributed by atoms with Gasteiger partial charge >= 0.3 is 11.9 Å². The van der Waals surface area contributed by atoms with E-state index in [1.807, 2.05) is 0 Å². The monoisotopic (exact) mass is 579 g/mol. The van der Waals surface area contributed by atoms with Crippen LogP contribution in [0.1, 0.15) is 200 Å². The van der Waals surface area contributed by atoms with Gasteiger partial charge in [0.05, 0.1) is 0 Å². The Balaban J connectivity index is 2.52. The van der Waals surface area contributed by atoms with Crippen LogP contribution < -0.4 is 0 Å². The molecule has 1 fully saturated rings.